The summed E-state index contributed by atoms with van der Waals surface area (Å²) in [5.41, 5.74) is 6.76. The van der Waals surface area contributed by atoms with Crippen LogP contribution in [0.15, 0.2) is 24.3 Å². The number of carbonyl (C=O) groups excluding carboxylic acids is 3. The molecule has 1 aromatic rings. The Kier molecular flexibility index (Phi) is 8.99. The molecule has 1 aliphatic rings. The average molecular weight is 407 g/mol. The maximum atomic E-state index is 12.0. The highest BCUT2D eigenvalue weighted by molar-refractivity contribution is 5.95. The van der Waals surface area contributed by atoms with E-state index in [1.54, 1.807) is 24.3 Å². The Morgan fingerprint density at radius 2 is 2.00 bits per heavy atom. The van der Waals surface area contributed by atoms with Gasteiger partial charge in [0.25, 0.3) is 0 Å². The number of hydrogen-bond acceptors (Lipinski definition) is 5. The van der Waals surface area contributed by atoms with Crippen LogP contribution in [0.2, 0.25) is 0 Å². The molecule has 0 aliphatic carbocycles. The van der Waals surface area contributed by atoms with E-state index in [2.05, 4.69) is 27.2 Å². The minimum Gasteiger partial charge on any atom is -0.469 e. The van der Waals surface area contributed by atoms with Crippen molar-refractivity contribution in [3.63, 3.8) is 0 Å². The first-order valence-corrected chi connectivity index (χ1v) is 8.46. The molecule has 5 N–H and O–H groups in total. The van der Waals surface area contributed by atoms with Gasteiger partial charge in [-0.05, 0) is 18.6 Å². The second-order valence-electron chi connectivity index (χ2n) is 6.19. The summed E-state index contributed by atoms with van der Waals surface area (Å²) in [6.45, 7) is 0.180. The second-order valence-corrected chi connectivity index (χ2v) is 6.19. The molecule has 0 unspecified atom stereocenters. The summed E-state index contributed by atoms with van der Waals surface area (Å²) >= 11 is 0. The molecule has 1 saturated heterocycles. The summed E-state index contributed by atoms with van der Waals surface area (Å²) in [7, 11) is 1.28. The van der Waals surface area contributed by atoms with Crippen molar-refractivity contribution in [3.05, 3.63) is 35.4 Å². The lowest BCUT2D eigenvalue weighted by molar-refractivity contribution is -0.143. The Morgan fingerprint density at radius 1 is 1.32 bits per heavy atom. The highest BCUT2D eigenvalue weighted by atomic mass is 35.5. The van der Waals surface area contributed by atoms with Gasteiger partial charge in [-0.1, -0.05) is 24.0 Å². The molecule has 2 atom stereocenters. The Labute approximate surface area is 169 Å². The van der Waals surface area contributed by atoms with Crippen LogP contribution in [0.25, 0.3) is 0 Å². The van der Waals surface area contributed by atoms with Gasteiger partial charge in [-0.15, -0.1) is 12.4 Å². The van der Waals surface area contributed by atoms with E-state index in [1.165, 1.54) is 7.11 Å². The first-order chi connectivity index (χ1) is 12.9. The monoisotopic (exact) mass is 406 g/mol. The molecule has 1 fully saturated rings. The Bertz CT molecular complexity index is 798. The predicted octanol–water partition coefficient (Wildman–Crippen LogP) is 0.318. The molecule has 150 valence electrons. The van der Waals surface area contributed by atoms with Crippen molar-refractivity contribution < 1.29 is 19.1 Å². The number of carbonyl (C=O) groups is 3. The van der Waals surface area contributed by atoms with E-state index in [-0.39, 0.29) is 55.5 Å². The number of methoxy groups -OCH3 is 1. The van der Waals surface area contributed by atoms with Crippen LogP contribution in [-0.2, 0) is 19.1 Å². The molecule has 0 radical (unpaired) electrons. The van der Waals surface area contributed by atoms with Crippen LogP contribution >= 0.6 is 12.4 Å². The number of halogens is 1. The smallest absolute Gasteiger partial charge is 0.306 e. The van der Waals surface area contributed by atoms with Crippen molar-refractivity contribution in [2.45, 2.75) is 25.3 Å². The average Bonchev–Trinajstić information content (AvgIpc) is 2.97. The fourth-order valence-electron chi connectivity index (χ4n) is 2.74. The van der Waals surface area contributed by atoms with Crippen LogP contribution < -0.4 is 16.4 Å². The minimum atomic E-state index is -0.451. The third-order valence-electron chi connectivity index (χ3n) is 4.16. The van der Waals surface area contributed by atoms with E-state index < -0.39 is 11.9 Å². The number of amidine groups is 1. The number of amides is 2. The van der Waals surface area contributed by atoms with Crippen molar-refractivity contribution in [1.82, 2.24) is 10.6 Å². The maximum Gasteiger partial charge on any atom is 0.306 e. The fourth-order valence-corrected chi connectivity index (χ4v) is 2.74. The summed E-state index contributed by atoms with van der Waals surface area (Å²) < 4.78 is 4.57. The molecular formula is C19H23ClN4O4. The molecule has 0 saturated carbocycles. The highest BCUT2D eigenvalue weighted by Gasteiger charge is 2.34. The van der Waals surface area contributed by atoms with Gasteiger partial charge >= 0.3 is 5.97 Å². The van der Waals surface area contributed by atoms with E-state index >= 15 is 0 Å². The molecule has 9 heteroatoms. The van der Waals surface area contributed by atoms with E-state index in [4.69, 9.17) is 11.1 Å². The van der Waals surface area contributed by atoms with Gasteiger partial charge in [0, 0.05) is 23.6 Å². The third-order valence-corrected chi connectivity index (χ3v) is 4.16. The van der Waals surface area contributed by atoms with E-state index in [0.29, 0.717) is 12.0 Å². The van der Waals surface area contributed by atoms with Crippen LogP contribution in [0.5, 0.6) is 0 Å². The lowest BCUT2D eigenvalue weighted by Crippen LogP contribution is -2.33. The number of rotatable bonds is 6. The first-order valence-electron chi connectivity index (χ1n) is 8.46. The summed E-state index contributed by atoms with van der Waals surface area (Å²) in [5.74, 6) is 4.40. The Morgan fingerprint density at radius 3 is 2.61 bits per heavy atom. The minimum absolute atomic E-state index is 0. The normalized spacial score (nSPS) is 17.4. The van der Waals surface area contributed by atoms with Crippen molar-refractivity contribution in [3.8, 4) is 11.8 Å². The molecule has 28 heavy (non-hydrogen) atoms. The van der Waals surface area contributed by atoms with Gasteiger partial charge in [0.2, 0.25) is 11.8 Å². The topological polar surface area (TPSA) is 134 Å². The lowest BCUT2D eigenvalue weighted by Gasteiger charge is -2.08. The van der Waals surface area contributed by atoms with Gasteiger partial charge in [-0.3, -0.25) is 19.8 Å². The fraction of sp³-hybridized carbons (Fsp3) is 0.368. The van der Waals surface area contributed by atoms with Crippen molar-refractivity contribution in [1.29, 1.82) is 5.41 Å². The van der Waals surface area contributed by atoms with E-state index in [0.717, 1.165) is 5.56 Å². The number of nitrogen functional groups attached to an aromatic ring is 1. The van der Waals surface area contributed by atoms with Gasteiger partial charge in [-0.25, -0.2) is 0 Å². The van der Waals surface area contributed by atoms with Crippen LogP contribution in [-0.4, -0.2) is 43.3 Å². The first kappa shape index (κ1) is 23.0. The molecule has 1 aromatic carbocycles. The maximum absolute atomic E-state index is 12.0. The molecule has 0 spiro atoms. The number of ether oxygens (including phenoxy) is 1. The number of nitrogens with two attached hydrogens (primary N) is 1. The van der Waals surface area contributed by atoms with Crippen LogP contribution in [0.1, 0.15) is 30.4 Å². The standard InChI is InChI=1S/C19H22N4O4.ClH/c1-27-17(25)10-14-9-15(23-19(14)26)11-16(24)22-8-2-3-12-4-6-13(7-5-12)18(20)21;/h4-7,14-15H,8-11H2,1H3,(H3,20,21)(H,22,24)(H,23,26);1H/t14-,15-;/m0./s1. The largest absolute Gasteiger partial charge is 0.469 e. The van der Waals surface area contributed by atoms with Crippen LogP contribution in [0.3, 0.4) is 0 Å². The Hall–Kier alpha value is -3.05. The number of hydrogen-bond donors (Lipinski definition) is 4. The van der Waals surface area contributed by atoms with Gasteiger partial charge in [-0.2, -0.15) is 0 Å². The Balaban J connectivity index is 0.00000392. The number of benzene rings is 1. The molecule has 2 amide bonds. The predicted molar refractivity (Wildman–Crippen MR) is 106 cm³/mol. The van der Waals surface area contributed by atoms with Crippen molar-refractivity contribution >= 4 is 36.0 Å². The molecular weight excluding hydrogens is 384 g/mol. The SMILES string of the molecule is COC(=O)C[C@@H]1C[C@@H](CC(=O)NCC#Cc2ccc(C(=N)N)cc2)NC1=O.Cl. The molecule has 0 bridgehead atoms. The summed E-state index contributed by atoms with van der Waals surface area (Å²) in [5, 5.41) is 12.7. The van der Waals surface area contributed by atoms with Crippen molar-refractivity contribution in [2.24, 2.45) is 11.7 Å². The van der Waals surface area contributed by atoms with E-state index in [9.17, 15) is 14.4 Å². The second kappa shape index (κ2) is 10.9. The van der Waals surface area contributed by atoms with Crippen LogP contribution in [0.4, 0.5) is 0 Å². The molecule has 1 heterocycles. The lowest BCUT2D eigenvalue weighted by atomic mass is 10.00. The van der Waals surface area contributed by atoms with Gasteiger partial charge in [0.1, 0.15) is 5.84 Å². The zero-order chi connectivity index (χ0) is 19.8. The quantitative estimate of drug-likeness (QED) is 0.233. The summed E-state index contributed by atoms with van der Waals surface area (Å²) in [6.07, 6.45) is 0.586. The number of nitrogens with one attached hydrogen (secondary N) is 3. The van der Waals surface area contributed by atoms with Gasteiger partial charge < -0.3 is 21.1 Å². The van der Waals surface area contributed by atoms with Gasteiger partial charge in [0.05, 0.1) is 26.0 Å². The van der Waals surface area contributed by atoms with Gasteiger partial charge in [0.15, 0.2) is 0 Å². The third kappa shape index (κ3) is 6.93. The molecule has 0 aromatic heterocycles. The zero-order valence-corrected chi connectivity index (χ0v) is 16.2. The molecule has 8 nitrogen and oxygen atoms in total. The van der Waals surface area contributed by atoms with E-state index in [1.807, 2.05) is 0 Å². The highest BCUT2D eigenvalue weighted by Crippen LogP contribution is 2.21. The van der Waals surface area contributed by atoms with Crippen molar-refractivity contribution in [2.75, 3.05) is 13.7 Å². The summed E-state index contributed by atoms with van der Waals surface area (Å²) in [6, 6.07) is 6.62. The zero-order valence-electron chi connectivity index (χ0n) is 15.4. The summed E-state index contributed by atoms with van der Waals surface area (Å²) in [4.78, 5) is 35.0. The number of esters is 1. The molecule has 2 rings (SSSR count). The molecule has 1 aliphatic heterocycles. The van der Waals surface area contributed by atoms with Crippen LogP contribution in [0, 0.1) is 23.2 Å².